The van der Waals surface area contributed by atoms with E-state index in [0.717, 1.165) is 35.3 Å². The van der Waals surface area contributed by atoms with Crippen LogP contribution in [0.4, 0.5) is 0 Å². The van der Waals surface area contributed by atoms with Crippen molar-refractivity contribution in [1.29, 1.82) is 0 Å². The van der Waals surface area contributed by atoms with E-state index in [2.05, 4.69) is 19.2 Å². The van der Waals surface area contributed by atoms with Gasteiger partial charge in [-0.15, -0.1) is 0 Å². The number of unbranched alkanes of at least 4 members (excludes halogenated alkanes) is 1. The van der Waals surface area contributed by atoms with Crippen molar-refractivity contribution in [1.82, 2.24) is 5.32 Å². The van der Waals surface area contributed by atoms with Gasteiger partial charge in [-0.1, -0.05) is 44.4 Å². The van der Waals surface area contributed by atoms with Gasteiger partial charge in [0.05, 0.1) is 7.11 Å². The second kappa shape index (κ2) is 8.39. The minimum absolute atomic E-state index is 0.768. The van der Waals surface area contributed by atoms with Gasteiger partial charge in [0.15, 0.2) is 0 Å². The molecule has 0 radical (unpaired) electrons. The average Bonchev–Trinajstić information content (AvgIpc) is 2.34. The Morgan fingerprint density at radius 3 is 2.72 bits per heavy atom. The number of ether oxygens (including phenoxy) is 1. The van der Waals surface area contributed by atoms with Crippen LogP contribution in [0.3, 0.4) is 0 Å². The van der Waals surface area contributed by atoms with Gasteiger partial charge in [0, 0.05) is 17.1 Å². The fourth-order valence-electron chi connectivity index (χ4n) is 1.92. The van der Waals surface area contributed by atoms with Crippen molar-refractivity contribution >= 4 is 11.6 Å². The molecule has 1 rings (SSSR count). The molecular weight excluding hydrogens is 246 g/mol. The van der Waals surface area contributed by atoms with Gasteiger partial charge in [-0.25, -0.2) is 0 Å². The molecule has 18 heavy (non-hydrogen) atoms. The second-order valence-corrected chi connectivity index (χ2v) is 5.39. The number of halogens is 1. The molecule has 0 spiro atoms. The van der Waals surface area contributed by atoms with E-state index in [1.54, 1.807) is 7.11 Å². The minimum Gasteiger partial charge on any atom is -0.496 e. The summed E-state index contributed by atoms with van der Waals surface area (Å²) in [5, 5.41) is 4.19. The summed E-state index contributed by atoms with van der Waals surface area (Å²) in [6, 6.07) is 5.76. The standard InChI is InChI=1S/C15H24ClNO/c1-12(2)7-4-5-10-17-11-13-14(16)8-6-9-15(13)18-3/h6,8-9,12,17H,4-5,7,10-11H2,1-3H3. The fourth-order valence-corrected chi connectivity index (χ4v) is 2.15. The van der Waals surface area contributed by atoms with E-state index in [4.69, 9.17) is 16.3 Å². The summed E-state index contributed by atoms with van der Waals surface area (Å²) in [5.74, 6) is 1.66. The first-order valence-corrected chi connectivity index (χ1v) is 7.05. The van der Waals surface area contributed by atoms with Gasteiger partial charge in [0.25, 0.3) is 0 Å². The maximum atomic E-state index is 6.17. The van der Waals surface area contributed by atoms with Crippen LogP contribution in [-0.2, 0) is 6.54 Å². The maximum absolute atomic E-state index is 6.17. The third-order valence-electron chi connectivity index (χ3n) is 2.98. The molecule has 0 heterocycles. The Morgan fingerprint density at radius 1 is 1.28 bits per heavy atom. The lowest BCUT2D eigenvalue weighted by molar-refractivity contribution is 0.407. The zero-order valence-electron chi connectivity index (χ0n) is 11.6. The van der Waals surface area contributed by atoms with Crippen LogP contribution in [0.15, 0.2) is 18.2 Å². The summed E-state index contributed by atoms with van der Waals surface area (Å²) in [6.07, 6.45) is 3.80. The summed E-state index contributed by atoms with van der Waals surface area (Å²) < 4.78 is 5.31. The fraction of sp³-hybridized carbons (Fsp3) is 0.600. The molecule has 0 saturated heterocycles. The molecule has 0 aliphatic carbocycles. The predicted octanol–water partition coefficient (Wildman–Crippen LogP) is 4.26. The number of methoxy groups -OCH3 is 1. The Bertz CT molecular complexity index is 352. The van der Waals surface area contributed by atoms with E-state index >= 15 is 0 Å². The van der Waals surface area contributed by atoms with E-state index in [1.165, 1.54) is 19.3 Å². The third kappa shape index (κ3) is 5.28. The SMILES string of the molecule is COc1cccc(Cl)c1CNCCCCC(C)C. The van der Waals surface area contributed by atoms with Gasteiger partial charge in [-0.3, -0.25) is 0 Å². The van der Waals surface area contributed by atoms with Gasteiger partial charge in [-0.2, -0.15) is 0 Å². The van der Waals surface area contributed by atoms with Gasteiger partial charge in [0.1, 0.15) is 5.75 Å². The molecule has 0 bridgehead atoms. The third-order valence-corrected chi connectivity index (χ3v) is 3.34. The van der Waals surface area contributed by atoms with Crippen LogP contribution in [0.2, 0.25) is 5.02 Å². The Labute approximate surface area is 116 Å². The molecule has 0 aliphatic rings. The van der Waals surface area contributed by atoms with Crippen molar-refractivity contribution in [2.45, 2.75) is 39.7 Å². The lowest BCUT2D eigenvalue weighted by Crippen LogP contribution is -2.15. The topological polar surface area (TPSA) is 21.3 Å². The van der Waals surface area contributed by atoms with Crippen molar-refractivity contribution in [3.8, 4) is 5.75 Å². The molecule has 0 amide bonds. The number of hydrogen-bond acceptors (Lipinski definition) is 2. The first-order chi connectivity index (χ1) is 8.65. The van der Waals surface area contributed by atoms with Crippen LogP contribution >= 0.6 is 11.6 Å². The Balaban J connectivity index is 2.31. The van der Waals surface area contributed by atoms with Gasteiger partial charge in [0.2, 0.25) is 0 Å². The molecule has 0 aliphatic heterocycles. The molecule has 102 valence electrons. The van der Waals surface area contributed by atoms with E-state index in [1.807, 2.05) is 18.2 Å². The summed E-state index contributed by atoms with van der Waals surface area (Å²) in [6.45, 7) is 6.33. The Morgan fingerprint density at radius 2 is 2.06 bits per heavy atom. The van der Waals surface area contributed by atoms with Gasteiger partial charge < -0.3 is 10.1 Å². The number of rotatable bonds is 8. The van der Waals surface area contributed by atoms with Crippen molar-refractivity contribution in [2.75, 3.05) is 13.7 Å². The van der Waals surface area contributed by atoms with Crippen LogP contribution < -0.4 is 10.1 Å². The van der Waals surface area contributed by atoms with E-state index < -0.39 is 0 Å². The van der Waals surface area contributed by atoms with Crippen LogP contribution in [0.25, 0.3) is 0 Å². The van der Waals surface area contributed by atoms with E-state index in [0.29, 0.717) is 0 Å². The van der Waals surface area contributed by atoms with Crippen molar-refractivity contribution < 1.29 is 4.74 Å². The molecule has 0 fully saturated rings. The normalized spacial score (nSPS) is 10.9. The van der Waals surface area contributed by atoms with Crippen molar-refractivity contribution in [3.63, 3.8) is 0 Å². The van der Waals surface area contributed by atoms with Gasteiger partial charge >= 0.3 is 0 Å². The minimum atomic E-state index is 0.768. The summed E-state index contributed by atoms with van der Waals surface area (Å²) >= 11 is 6.17. The summed E-state index contributed by atoms with van der Waals surface area (Å²) in [5.41, 5.74) is 1.05. The number of benzene rings is 1. The molecule has 0 saturated carbocycles. The van der Waals surface area contributed by atoms with Crippen LogP contribution in [0.1, 0.15) is 38.7 Å². The highest BCUT2D eigenvalue weighted by molar-refractivity contribution is 6.31. The lowest BCUT2D eigenvalue weighted by atomic mass is 10.1. The van der Waals surface area contributed by atoms with Crippen molar-refractivity contribution in [3.05, 3.63) is 28.8 Å². The molecule has 1 N–H and O–H groups in total. The van der Waals surface area contributed by atoms with Crippen LogP contribution in [0, 0.1) is 5.92 Å². The number of hydrogen-bond donors (Lipinski definition) is 1. The molecule has 1 aromatic carbocycles. The first-order valence-electron chi connectivity index (χ1n) is 6.67. The number of nitrogens with one attached hydrogen (secondary N) is 1. The van der Waals surface area contributed by atoms with Crippen molar-refractivity contribution in [2.24, 2.45) is 5.92 Å². The highest BCUT2D eigenvalue weighted by atomic mass is 35.5. The largest absolute Gasteiger partial charge is 0.496 e. The van der Waals surface area contributed by atoms with Crippen LogP contribution in [0.5, 0.6) is 5.75 Å². The summed E-state index contributed by atoms with van der Waals surface area (Å²) in [4.78, 5) is 0. The maximum Gasteiger partial charge on any atom is 0.124 e. The molecule has 2 nitrogen and oxygen atoms in total. The smallest absolute Gasteiger partial charge is 0.124 e. The Kier molecular flexibility index (Phi) is 7.14. The highest BCUT2D eigenvalue weighted by Gasteiger charge is 2.06. The van der Waals surface area contributed by atoms with Crippen LogP contribution in [-0.4, -0.2) is 13.7 Å². The monoisotopic (exact) mass is 269 g/mol. The molecule has 0 aromatic heterocycles. The molecule has 1 aromatic rings. The van der Waals surface area contributed by atoms with Gasteiger partial charge in [-0.05, 0) is 31.0 Å². The molecule has 0 unspecified atom stereocenters. The Hall–Kier alpha value is -0.730. The zero-order chi connectivity index (χ0) is 13.4. The first kappa shape index (κ1) is 15.3. The highest BCUT2D eigenvalue weighted by Crippen LogP contribution is 2.25. The molecule has 3 heteroatoms. The molecule has 0 atom stereocenters. The predicted molar refractivity (Wildman–Crippen MR) is 78.4 cm³/mol. The quantitative estimate of drug-likeness (QED) is 0.712. The average molecular weight is 270 g/mol. The lowest BCUT2D eigenvalue weighted by Gasteiger charge is -2.11. The van der Waals surface area contributed by atoms with E-state index in [9.17, 15) is 0 Å². The molecular formula is C15H24ClNO. The second-order valence-electron chi connectivity index (χ2n) is 4.99. The van der Waals surface area contributed by atoms with E-state index in [-0.39, 0.29) is 0 Å². The summed E-state index contributed by atoms with van der Waals surface area (Å²) in [7, 11) is 1.68. The zero-order valence-corrected chi connectivity index (χ0v) is 12.4.